The van der Waals surface area contributed by atoms with E-state index >= 15 is 0 Å². The van der Waals surface area contributed by atoms with Crippen LogP contribution in [0.2, 0.25) is 0 Å². The quantitative estimate of drug-likeness (QED) is 0.416. The van der Waals surface area contributed by atoms with E-state index in [9.17, 15) is 18.3 Å². The van der Waals surface area contributed by atoms with Crippen LogP contribution in [0, 0.1) is 18.3 Å². The fourth-order valence-corrected chi connectivity index (χ4v) is 6.16. The van der Waals surface area contributed by atoms with E-state index in [1.165, 1.54) is 4.31 Å². The van der Waals surface area contributed by atoms with Gasteiger partial charge in [0.05, 0.1) is 13.0 Å². The summed E-state index contributed by atoms with van der Waals surface area (Å²) in [5.74, 6) is -0.522. The van der Waals surface area contributed by atoms with E-state index in [-0.39, 0.29) is 37.1 Å². The number of para-hydroxylation sites is 1. The predicted molar refractivity (Wildman–Crippen MR) is 142 cm³/mol. The monoisotopic (exact) mass is 534 g/mol. The zero-order chi connectivity index (χ0) is 27.3. The van der Waals surface area contributed by atoms with Gasteiger partial charge in [0.15, 0.2) is 6.61 Å². The van der Waals surface area contributed by atoms with Crippen LogP contribution in [0.15, 0.2) is 71.6 Å². The molecule has 0 radical (unpaired) electrons. The van der Waals surface area contributed by atoms with Gasteiger partial charge in [-0.1, -0.05) is 49.4 Å². The molecule has 198 valence electrons. The molecule has 0 amide bonds. The maximum atomic E-state index is 13.6. The van der Waals surface area contributed by atoms with Crippen LogP contribution in [0.1, 0.15) is 47.9 Å². The van der Waals surface area contributed by atoms with E-state index in [1.807, 2.05) is 38.1 Å². The Labute approximate surface area is 223 Å². The van der Waals surface area contributed by atoms with Crippen molar-refractivity contribution in [3.8, 4) is 17.6 Å². The number of nitrogens with zero attached hydrogens (tertiary/aromatic N) is 2. The van der Waals surface area contributed by atoms with Crippen molar-refractivity contribution in [3.63, 3.8) is 0 Å². The summed E-state index contributed by atoms with van der Waals surface area (Å²) in [5.41, 5.74) is 3.26. The Morgan fingerprint density at radius 2 is 1.87 bits per heavy atom. The molecule has 0 fully saturated rings. The SMILES string of the molecule is CC[C@@H]1CN(Cc2cc(C(CC(=O)O)c3ccc(OCC#N)cc3)ccc2C)S(=O)(=O)c2ccccc2O1. The number of carbonyl (C=O) groups is 1. The van der Waals surface area contributed by atoms with Crippen molar-refractivity contribution in [2.45, 2.75) is 50.2 Å². The van der Waals surface area contributed by atoms with Crippen molar-refractivity contribution in [2.24, 2.45) is 0 Å². The summed E-state index contributed by atoms with van der Waals surface area (Å²) >= 11 is 0. The number of nitriles is 1. The predicted octanol–water partition coefficient (Wildman–Crippen LogP) is 4.87. The zero-order valence-electron chi connectivity index (χ0n) is 21.3. The van der Waals surface area contributed by atoms with E-state index in [4.69, 9.17) is 14.7 Å². The number of carboxylic acids is 1. The number of ether oxygens (including phenoxy) is 2. The molecule has 1 aliphatic heterocycles. The molecule has 0 spiro atoms. The number of hydrogen-bond donors (Lipinski definition) is 1. The number of aryl methyl sites for hydroxylation is 1. The molecule has 3 aromatic carbocycles. The molecule has 0 saturated heterocycles. The number of hydrogen-bond acceptors (Lipinski definition) is 6. The number of aliphatic carboxylic acids is 1. The van der Waals surface area contributed by atoms with E-state index < -0.39 is 21.9 Å². The summed E-state index contributed by atoms with van der Waals surface area (Å²) in [6, 6.07) is 21.3. The van der Waals surface area contributed by atoms with Gasteiger partial charge in [-0.2, -0.15) is 9.57 Å². The van der Waals surface area contributed by atoms with Crippen molar-refractivity contribution >= 4 is 16.0 Å². The number of sulfonamides is 1. The van der Waals surface area contributed by atoms with Gasteiger partial charge >= 0.3 is 5.97 Å². The molecule has 1 N–H and O–H groups in total. The molecule has 0 aromatic heterocycles. The van der Waals surface area contributed by atoms with E-state index in [1.54, 1.807) is 48.5 Å². The molecule has 1 aliphatic rings. The lowest BCUT2D eigenvalue weighted by molar-refractivity contribution is -0.137. The Hall–Kier alpha value is -3.87. The standard InChI is InChI=1S/C29H30N2O6S/c1-3-24-19-31(38(34,35)28-7-5-4-6-27(28)37-24)18-23-16-22(9-8-20(23)2)26(17-29(32)33)21-10-12-25(13-11-21)36-15-14-30/h4-13,16,24,26H,3,15,17-19H2,1-2H3,(H,32,33)/t24-,26?/m1/s1. The van der Waals surface area contributed by atoms with Crippen molar-refractivity contribution < 1.29 is 27.8 Å². The summed E-state index contributed by atoms with van der Waals surface area (Å²) in [6.07, 6.45) is 0.217. The minimum Gasteiger partial charge on any atom is -0.488 e. The molecule has 1 heterocycles. The average molecular weight is 535 g/mol. The number of carboxylic acid groups (broad SMARTS) is 1. The topological polar surface area (TPSA) is 117 Å². The lowest BCUT2D eigenvalue weighted by Gasteiger charge is -2.24. The third-order valence-electron chi connectivity index (χ3n) is 6.71. The summed E-state index contributed by atoms with van der Waals surface area (Å²) in [4.78, 5) is 11.9. The Kier molecular flexibility index (Phi) is 8.35. The fourth-order valence-electron chi connectivity index (χ4n) is 4.59. The summed E-state index contributed by atoms with van der Waals surface area (Å²) in [7, 11) is -3.82. The first-order valence-electron chi connectivity index (χ1n) is 12.4. The molecule has 38 heavy (non-hydrogen) atoms. The van der Waals surface area contributed by atoms with Gasteiger partial charge in [0, 0.05) is 12.5 Å². The first-order chi connectivity index (χ1) is 18.2. The van der Waals surface area contributed by atoms with Gasteiger partial charge in [0.1, 0.15) is 28.6 Å². The second-order valence-electron chi connectivity index (χ2n) is 9.24. The molecule has 3 aromatic rings. The van der Waals surface area contributed by atoms with Crippen LogP contribution in [-0.4, -0.2) is 43.1 Å². The molecule has 0 bridgehead atoms. The molecule has 8 nitrogen and oxygen atoms in total. The second-order valence-corrected chi connectivity index (χ2v) is 11.2. The summed E-state index contributed by atoms with van der Waals surface area (Å²) in [5, 5.41) is 18.4. The Balaban J connectivity index is 1.69. The molecule has 0 aliphatic carbocycles. The molecular formula is C29H30N2O6S. The first-order valence-corrected chi connectivity index (χ1v) is 13.8. The molecule has 4 rings (SSSR count). The van der Waals surface area contributed by atoms with Gasteiger partial charge in [-0.15, -0.1) is 0 Å². The molecule has 2 atom stereocenters. The highest BCUT2D eigenvalue weighted by Gasteiger charge is 2.34. The van der Waals surface area contributed by atoms with E-state index in [0.29, 0.717) is 17.9 Å². The largest absolute Gasteiger partial charge is 0.488 e. The van der Waals surface area contributed by atoms with Gasteiger partial charge in [0.25, 0.3) is 0 Å². The van der Waals surface area contributed by atoms with Crippen molar-refractivity contribution in [2.75, 3.05) is 13.2 Å². The third kappa shape index (κ3) is 5.98. The lowest BCUT2D eigenvalue weighted by atomic mass is 9.87. The smallest absolute Gasteiger partial charge is 0.304 e. The van der Waals surface area contributed by atoms with Gasteiger partial charge in [-0.05, 0) is 59.9 Å². The van der Waals surface area contributed by atoms with Gasteiger partial charge in [-0.3, -0.25) is 4.79 Å². The van der Waals surface area contributed by atoms with Crippen LogP contribution >= 0.6 is 0 Å². The highest BCUT2D eigenvalue weighted by molar-refractivity contribution is 7.89. The van der Waals surface area contributed by atoms with Crippen LogP contribution < -0.4 is 9.47 Å². The first kappa shape index (κ1) is 27.2. The minimum atomic E-state index is -3.82. The van der Waals surface area contributed by atoms with Gasteiger partial charge in [-0.25, -0.2) is 8.42 Å². The van der Waals surface area contributed by atoms with E-state index in [2.05, 4.69) is 0 Å². The van der Waals surface area contributed by atoms with Crippen LogP contribution in [0.5, 0.6) is 11.5 Å². The molecule has 1 unspecified atom stereocenters. The molecule has 9 heteroatoms. The highest BCUT2D eigenvalue weighted by Crippen LogP contribution is 2.34. The van der Waals surface area contributed by atoms with Crippen molar-refractivity contribution in [1.82, 2.24) is 4.31 Å². The molecular weight excluding hydrogens is 504 g/mol. The van der Waals surface area contributed by atoms with Gasteiger partial charge in [0.2, 0.25) is 10.0 Å². The highest BCUT2D eigenvalue weighted by atomic mass is 32.2. The number of fused-ring (bicyclic) bond motifs is 1. The molecule has 0 saturated carbocycles. The van der Waals surface area contributed by atoms with Crippen LogP contribution in [0.25, 0.3) is 0 Å². The minimum absolute atomic E-state index is 0.0764. The van der Waals surface area contributed by atoms with Gasteiger partial charge < -0.3 is 14.6 Å². The zero-order valence-corrected chi connectivity index (χ0v) is 22.1. The second kappa shape index (κ2) is 11.7. The fraction of sp³-hybridized carbons (Fsp3) is 0.310. The van der Waals surface area contributed by atoms with Crippen molar-refractivity contribution in [3.05, 3.63) is 89.0 Å². The van der Waals surface area contributed by atoms with Crippen LogP contribution in [-0.2, 0) is 21.4 Å². The lowest BCUT2D eigenvalue weighted by Crippen LogP contribution is -2.36. The Morgan fingerprint density at radius 1 is 1.16 bits per heavy atom. The van der Waals surface area contributed by atoms with Crippen molar-refractivity contribution in [1.29, 1.82) is 5.26 Å². The Morgan fingerprint density at radius 3 is 2.55 bits per heavy atom. The average Bonchev–Trinajstić information content (AvgIpc) is 3.01. The summed E-state index contributed by atoms with van der Waals surface area (Å²) < 4.78 is 40.1. The maximum absolute atomic E-state index is 13.6. The van der Waals surface area contributed by atoms with Crippen LogP contribution in [0.3, 0.4) is 0 Å². The summed E-state index contributed by atoms with van der Waals surface area (Å²) in [6.45, 7) is 4.14. The van der Waals surface area contributed by atoms with E-state index in [0.717, 1.165) is 22.3 Å². The third-order valence-corrected chi connectivity index (χ3v) is 8.56. The Bertz CT molecular complexity index is 1450. The number of rotatable bonds is 9. The number of benzene rings is 3. The normalized spacial score (nSPS) is 17.3. The van der Waals surface area contributed by atoms with Crippen LogP contribution in [0.4, 0.5) is 0 Å². The maximum Gasteiger partial charge on any atom is 0.304 e.